The molecule has 0 spiro atoms. The van der Waals surface area contributed by atoms with Crippen molar-refractivity contribution in [3.63, 3.8) is 0 Å². The minimum atomic E-state index is -5.02. The lowest BCUT2D eigenvalue weighted by Crippen LogP contribution is -2.35. The first-order valence-corrected chi connectivity index (χ1v) is 14.0. The predicted octanol–water partition coefficient (Wildman–Crippen LogP) is 8.19. The van der Waals surface area contributed by atoms with E-state index in [0.29, 0.717) is 41.5 Å². The summed E-state index contributed by atoms with van der Waals surface area (Å²) in [5, 5.41) is 6.36. The highest BCUT2D eigenvalue weighted by atomic mass is 32.1. The van der Waals surface area contributed by atoms with E-state index >= 15 is 0 Å². The summed E-state index contributed by atoms with van der Waals surface area (Å²) in [7, 11) is 3.24. The molecule has 43 heavy (non-hydrogen) atoms. The highest BCUT2D eigenvalue weighted by molar-refractivity contribution is 7.80. The Kier molecular flexibility index (Phi) is 8.97. The summed E-state index contributed by atoms with van der Waals surface area (Å²) >= 11 is 5.23. The van der Waals surface area contributed by atoms with E-state index in [-0.39, 0.29) is 23.6 Å². The zero-order chi connectivity index (χ0) is 31.9. The van der Waals surface area contributed by atoms with E-state index in [2.05, 4.69) is 24.5 Å². The number of allylic oxidation sites excluding steroid dienone is 1. The molecule has 234 valence electrons. The van der Waals surface area contributed by atoms with Crippen LogP contribution in [0.15, 0.2) is 42.0 Å². The number of carbonyl (C=O) groups is 1. The van der Waals surface area contributed by atoms with Crippen LogP contribution < -0.4 is 15.4 Å². The second kappa shape index (κ2) is 11.9. The molecular formula is C30H33F6N3O3S. The van der Waals surface area contributed by atoms with Crippen molar-refractivity contribution in [2.45, 2.75) is 64.5 Å². The topological polar surface area (TPSA) is 62.8 Å². The van der Waals surface area contributed by atoms with Gasteiger partial charge in [0.2, 0.25) is 0 Å². The minimum Gasteiger partial charge on any atom is -0.496 e. The van der Waals surface area contributed by atoms with Crippen molar-refractivity contribution in [1.29, 1.82) is 0 Å². The van der Waals surface area contributed by atoms with Gasteiger partial charge in [0.15, 0.2) is 5.11 Å². The Morgan fingerprint density at radius 1 is 1.09 bits per heavy atom. The molecule has 2 atom stereocenters. The molecule has 0 bridgehead atoms. The van der Waals surface area contributed by atoms with Gasteiger partial charge in [0.25, 0.3) is 0 Å². The number of amides is 1. The van der Waals surface area contributed by atoms with E-state index in [0.717, 1.165) is 23.1 Å². The molecule has 1 unspecified atom stereocenters. The number of cyclic esters (lactones) is 1. The molecule has 1 heterocycles. The number of ether oxygens (including phenoxy) is 2. The lowest BCUT2D eigenvalue weighted by Gasteiger charge is -2.36. The largest absolute Gasteiger partial charge is 0.496 e. The number of halogens is 6. The van der Waals surface area contributed by atoms with Gasteiger partial charge in [0, 0.05) is 24.8 Å². The standard InChI is InChI=1S/C30H33F6N3O3S/c1-16-25(17-10-19(29(31,32)33)12-20(11-17)30(34,35)36)42-27(40)39(16)15-18-14-28(2,3)9-8-22(18)23-13-21(38-26(43)37-4)6-7-24(23)41-5/h6-7,10-13,16,25H,8-9,14-15H2,1-5H3,(H2,37,38,43)/t16-,25?/m0/s1. The second-order valence-corrected chi connectivity index (χ2v) is 12.0. The summed E-state index contributed by atoms with van der Waals surface area (Å²) in [5.74, 6) is 0.603. The number of alkyl halides is 6. The van der Waals surface area contributed by atoms with E-state index in [9.17, 15) is 31.1 Å². The SMILES string of the molecule is CNC(=S)Nc1ccc(OC)c(C2=C(CN3C(=O)OC(c4cc(C(F)(F)F)cc(C(F)(F)F)c4)[C@@H]3C)CC(C)(C)CC2)c1. The van der Waals surface area contributed by atoms with Crippen LogP contribution in [0.3, 0.4) is 0 Å². The number of methoxy groups -OCH3 is 1. The molecule has 0 saturated carbocycles. The second-order valence-electron chi connectivity index (χ2n) is 11.6. The van der Waals surface area contributed by atoms with Crippen LogP contribution in [0.4, 0.5) is 36.8 Å². The molecule has 2 aliphatic rings. The van der Waals surface area contributed by atoms with E-state index in [1.807, 2.05) is 12.1 Å². The molecule has 0 radical (unpaired) electrons. The maximum absolute atomic E-state index is 13.5. The van der Waals surface area contributed by atoms with Gasteiger partial charge in [-0.05, 0) is 96.9 Å². The number of nitrogens with one attached hydrogen (secondary N) is 2. The van der Waals surface area contributed by atoms with Crippen LogP contribution in [0.5, 0.6) is 5.75 Å². The molecule has 6 nitrogen and oxygen atoms in total. The Hall–Kier alpha value is -3.48. The zero-order valence-electron chi connectivity index (χ0n) is 24.3. The molecule has 1 saturated heterocycles. The van der Waals surface area contributed by atoms with Crippen LogP contribution in [-0.4, -0.2) is 42.8 Å². The number of nitrogens with zero attached hydrogens (tertiary/aromatic N) is 1. The number of hydrogen-bond donors (Lipinski definition) is 2. The molecule has 2 N–H and O–H groups in total. The quantitative estimate of drug-likeness (QED) is 0.248. The van der Waals surface area contributed by atoms with E-state index in [4.69, 9.17) is 21.7 Å². The fourth-order valence-corrected chi connectivity index (χ4v) is 5.73. The summed E-state index contributed by atoms with van der Waals surface area (Å²) in [4.78, 5) is 14.5. The fourth-order valence-electron chi connectivity index (χ4n) is 5.61. The van der Waals surface area contributed by atoms with Crippen LogP contribution in [0.25, 0.3) is 5.57 Å². The third-order valence-electron chi connectivity index (χ3n) is 7.87. The van der Waals surface area contributed by atoms with Gasteiger partial charge < -0.3 is 20.1 Å². The van der Waals surface area contributed by atoms with E-state index < -0.39 is 41.7 Å². The number of rotatable bonds is 6. The Morgan fingerprint density at radius 3 is 2.28 bits per heavy atom. The number of carbonyl (C=O) groups excluding carboxylic acids is 1. The van der Waals surface area contributed by atoms with Crippen molar-refractivity contribution in [3.8, 4) is 5.75 Å². The highest BCUT2D eigenvalue weighted by Crippen LogP contribution is 2.47. The lowest BCUT2D eigenvalue weighted by molar-refractivity contribution is -0.143. The predicted molar refractivity (Wildman–Crippen MR) is 155 cm³/mol. The first-order valence-electron chi connectivity index (χ1n) is 13.6. The summed E-state index contributed by atoms with van der Waals surface area (Å²) in [6.45, 7) is 5.83. The number of hydrogen-bond acceptors (Lipinski definition) is 4. The van der Waals surface area contributed by atoms with Gasteiger partial charge in [0.05, 0.1) is 24.3 Å². The highest BCUT2D eigenvalue weighted by Gasteiger charge is 2.44. The summed E-state index contributed by atoms with van der Waals surface area (Å²) in [6, 6.07) is 5.94. The van der Waals surface area contributed by atoms with Gasteiger partial charge in [0.1, 0.15) is 11.9 Å². The Balaban J connectivity index is 1.74. The third-order valence-corrected chi connectivity index (χ3v) is 8.18. The molecule has 1 aliphatic heterocycles. The van der Waals surface area contributed by atoms with Crippen molar-refractivity contribution >= 4 is 34.7 Å². The van der Waals surface area contributed by atoms with Crippen LogP contribution in [-0.2, 0) is 17.1 Å². The number of benzene rings is 2. The molecule has 0 aromatic heterocycles. The van der Waals surface area contributed by atoms with Crippen molar-refractivity contribution in [1.82, 2.24) is 10.2 Å². The van der Waals surface area contributed by atoms with Crippen LogP contribution >= 0.6 is 12.2 Å². The maximum atomic E-state index is 13.5. The van der Waals surface area contributed by atoms with Gasteiger partial charge in [-0.3, -0.25) is 4.90 Å². The summed E-state index contributed by atoms with van der Waals surface area (Å²) < 4.78 is 92.2. The minimum absolute atomic E-state index is 0.0591. The number of thiocarbonyl (C=S) groups is 1. The van der Waals surface area contributed by atoms with E-state index in [1.165, 1.54) is 4.90 Å². The smallest absolute Gasteiger partial charge is 0.416 e. The van der Waals surface area contributed by atoms with E-state index in [1.54, 1.807) is 27.1 Å². The molecule has 2 aromatic carbocycles. The average molecular weight is 630 g/mol. The monoisotopic (exact) mass is 629 g/mol. The molecule has 1 amide bonds. The molecule has 4 rings (SSSR count). The Morgan fingerprint density at radius 2 is 1.72 bits per heavy atom. The first-order chi connectivity index (χ1) is 19.9. The normalized spacial score (nSPS) is 20.6. The van der Waals surface area contributed by atoms with Crippen molar-refractivity contribution in [2.75, 3.05) is 26.0 Å². The van der Waals surface area contributed by atoms with Crippen molar-refractivity contribution < 1.29 is 40.6 Å². The Labute approximate surface area is 251 Å². The third kappa shape index (κ3) is 7.19. The van der Waals surface area contributed by atoms with Crippen LogP contribution in [0, 0.1) is 5.41 Å². The lowest BCUT2D eigenvalue weighted by atomic mass is 9.72. The summed E-state index contributed by atoms with van der Waals surface area (Å²) in [5.41, 5.74) is -0.0704. The molecule has 2 aromatic rings. The summed E-state index contributed by atoms with van der Waals surface area (Å²) in [6.07, 6.45) is -10.1. The zero-order valence-corrected chi connectivity index (χ0v) is 25.1. The van der Waals surface area contributed by atoms with Crippen molar-refractivity contribution in [2.24, 2.45) is 5.41 Å². The van der Waals surface area contributed by atoms with Crippen LogP contribution in [0.1, 0.15) is 68.4 Å². The van der Waals surface area contributed by atoms with Crippen molar-refractivity contribution in [3.05, 3.63) is 64.2 Å². The average Bonchev–Trinajstić information content (AvgIpc) is 3.20. The molecule has 1 fully saturated rings. The van der Waals surface area contributed by atoms with Gasteiger partial charge in [-0.1, -0.05) is 13.8 Å². The molecule has 1 aliphatic carbocycles. The molecular weight excluding hydrogens is 596 g/mol. The maximum Gasteiger partial charge on any atom is 0.416 e. The van der Waals surface area contributed by atoms with Gasteiger partial charge in [-0.25, -0.2) is 4.79 Å². The molecule has 13 heteroatoms. The van der Waals surface area contributed by atoms with Gasteiger partial charge in [-0.15, -0.1) is 0 Å². The fraction of sp³-hybridized carbons (Fsp3) is 0.467. The van der Waals surface area contributed by atoms with Gasteiger partial charge in [-0.2, -0.15) is 26.3 Å². The Bertz CT molecular complexity index is 1400. The van der Waals surface area contributed by atoms with Gasteiger partial charge >= 0.3 is 18.4 Å². The van der Waals surface area contributed by atoms with Crippen LogP contribution in [0.2, 0.25) is 0 Å². The number of anilines is 1. The first kappa shape index (κ1) is 32.4.